The number of hydrogen-bond donors (Lipinski definition) is 2. The molecule has 0 saturated carbocycles. The predicted molar refractivity (Wildman–Crippen MR) is 69.0 cm³/mol. The lowest BCUT2D eigenvalue weighted by molar-refractivity contribution is 0.565. The summed E-state index contributed by atoms with van der Waals surface area (Å²) in [7, 11) is 1.77. The molecule has 7 heteroatoms. The molecular formula is C11H13BrFN5. The van der Waals surface area contributed by atoms with Crippen LogP contribution in [-0.2, 0) is 7.05 Å². The fourth-order valence-electron chi connectivity index (χ4n) is 1.83. The smallest absolute Gasteiger partial charge is 0.153 e. The normalized spacial score (nSPS) is 12.7. The Morgan fingerprint density at radius 1 is 1.50 bits per heavy atom. The third-order valence-electron chi connectivity index (χ3n) is 2.78. The van der Waals surface area contributed by atoms with Gasteiger partial charge < -0.3 is 0 Å². The van der Waals surface area contributed by atoms with Crippen LogP contribution < -0.4 is 11.3 Å². The minimum atomic E-state index is -0.307. The maximum atomic E-state index is 13.3. The van der Waals surface area contributed by atoms with E-state index in [9.17, 15) is 4.39 Å². The van der Waals surface area contributed by atoms with Gasteiger partial charge in [-0.2, -0.15) is 0 Å². The van der Waals surface area contributed by atoms with Gasteiger partial charge in [0, 0.05) is 7.05 Å². The number of benzene rings is 1. The van der Waals surface area contributed by atoms with E-state index in [2.05, 4.69) is 31.7 Å². The first-order valence-corrected chi connectivity index (χ1v) is 6.11. The van der Waals surface area contributed by atoms with Gasteiger partial charge in [-0.05, 0) is 40.0 Å². The van der Waals surface area contributed by atoms with Crippen LogP contribution in [0, 0.1) is 12.7 Å². The summed E-state index contributed by atoms with van der Waals surface area (Å²) in [6, 6.07) is 4.55. The van der Waals surface area contributed by atoms with E-state index in [0.29, 0.717) is 10.2 Å². The van der Waals surface area contributed by atoms with Gasteiger partial charge >= 0.3 is 0 Å². The van der Waals surface area contributed by atoms with E-state index in [0.717, 1.165) is 11.3 Å². The number of nitrogens with zero attached hydrogens (tertiary/aromatic N) is 3. The SMILES string of the molecule is Cc1cc(C(NN)c2c(Br)nnn2C)ccc1F. The van der Waals surface area contributed by atoms with Crippen molar-refractivity contribution in [1.29, 1.82) is 0 Å². The average molecular weight is 314 g/mol. The molecule has 3 N–H and O–H groups in total. The van der Waals surface area contributed by atoms with Gasteiger partial charge in [-0.25, -0.2) is 14.5 Å². The monoisotopic (exact) mass is 313 g/mol. The zero-order valence-electron chi connectivity index (χ0n) is 9.98. The lowest BCUT2D eigenvalue weighted by atomic mass is 10.0. The molecule has 96 valence electrons. The third kappa shape index (κ3) is 2.29. The van der Waals surface area contributed by atoms with Crippen molar-refractivity contribution in [2.24, 2.45) is 12.9 Å². The molecular weight excluding hydrogens is 301 g/mol. The molecule has 0 fully saturated rings. The van der Waals surface area contributed by atoms with Gasteiger partial charge in [0.25, 0.3) is 0 Å². The Morgan fingerprint density at radius 2 is 2.22 bits per heavy atom. The quantitative estimate of drug-likeness (QED) is 0.667. The minimum Gasteiger partial charge on any atom is -0.271 e. The molecule has 5 nitrogen and oxygen atoms in total. The fourth-order valence-corrected chi connectivity index (χ4v) is 2.38. The third-order valence-corrected chi connectivity index (χ3v) is 3.35. The number of halogens is 2. The highest BCUT2D eigenvalue weighted by Gasteiger charge is 2.21. The molecule has 2 aromatic rings. The zero-order chi connectivity index (χ0) is 13.3. The van der Waals surface area contributed by atoms with E-state index in [1.165, 1.54) is 6.07 Å². The van der Waals surface area contributed by atoms with Crippen molar-refractivity contribution in [2.45, 2.75) is 13.0 Å². The second kappa shape index (κ2) is 5.13. The second-order valence-corrected chi connectivity index (χ2v) is 4.75. The Kier molecular flexibility index (Phi) is 3.74. The van der Waals surface area contributed by atoms with Crippen molar-refractivity contribution in [3.05, 3.63) is 45.4 Å². The number of rotatable bonds is 3. The molecule has 0 spiro atoms. The number of hydrogen-bond acceptors (Lipinski definition) is 4. The summed E-state index contributed by atoms with van der Waals surface area (Å²) in [5.74, 6) is 5.35. The highest BCUT2D eigenvalue weighted by atomic mass is 79.9. The van der Waals surface area contributed by atoms with E-state index in [-0.39, 0.29) is 11.9 Å². The summed E-state index contributed by atoms with van der Waals surface area (Å²) in [4.78, 5) is 0. The van der Waals surface area contributed by atoms with Crippen LogP contribution in [0.2, 0.25) is 0 Å². The Balaban J connectivity index is 2.48. The van der Waals surface area contributed by atoms with Crippen molar-refractivity contribution in [2.75, 3.05) is 0 Å². The number of nitrogens with one attached hydrogen (secondary N) is 1. The Labute approximate surface area is 112 Å². The number of aryl methyl sites for hydroxylation is 2. The summed E-state index contributed by atoms with van der Waals surface area (Å²) in [5, 5.41) is 7.81. The van der Waals surface area contributed by atoms with Gasteiger partial charge in [0.05, 0.1) is 11.7 Å². The van der Waals surface area contributed by atoms with E-state index < -0.39 is 0 Å². The molecule has 0 saturated heterocycles. The van der Waals surface area contributed by atoms with Crippen LogP contribution in [0.5, 0.6) is 0 Å². The first kappa shape index (κ1) is 13.1. The first-order valence-electron chi connectivity index (χ1n) is 5.32. The largest absolute Gasteiger partial charge is 0.271 e. The lowest BCUT2D eigenvalue weighted by Gasteiger charge is -2.17. The molecule has 1 unspecified atom stereocenters. The predicted octanol–water partition coefficient (Wildman–Crippen LogP) is 1.58. The van der Waals surface area contributed by atoms with Crippen molar-refractivity contribution in [3.8, 4) is 0 Å². The van der Waals surface area contributed by atoms with Crippen LogP contribution in [0.4, 0.5) is 4.39 Å². The molecule has 1 heterocycles. The average Bonchev–Trinajstić information content (AvgIpc) is 2.66. The van der Waals surface area contributed by atoms with Crippen LogP contribution >= 0.6 is 15.9 Å². The molecule has 0 aliphatic carbocycles. The molecule has 1 aromatic carbocycles. The van der Waals surface area contributed by atoms with Crippen LogP contribution in [0.1, 0.15) is 22.9 Å². The molecule has 0 radical (unpaired) electrons. The van der Waals surface area contributed by atoms with Crippen LogP contribution in [0.15, 0.2) is 22.8 Å². The van der Waals surface area contributed by atoms with E-state index >= 15 is 0 Å². The van der Waals surface area contributed by atoms with Gasteiger partial charge in [0.2, 0.25) is 0 Å². The van der Waals surface area contributed by atoms with Gasteiger partial charge in [0.1, 0.15) is 5.82 Å². The Hall–Kier alpha value is -1.31. The molecule has 0 aliphatic heterocycles. The fraction of sp³-hybridized carbons (Fsp3) is 0.273. The van der Waals surface area contributed by atoms with Gasteiger partial charge in [0.15, 0.2) is 4.60 Å². The maximum absolute atomic E-state index is 13.3. The molecule has 1 atom stereocenters. The molecule has 0 aliphatic rings. The summed E-state index contributed by atoms with van der Waals surface area (Å²) in [6.07, 6.45) is 0. The standard InChI is InChI=1S/C11H13BrFN5/c1-6-5-7(3-4-8(6)13)9(15-14)10-11(12)16-17-18(10)2/h3-5,9,15H,14H2,1-2H3. The Morgan fingerprint density at radius 3 is 2.72 bits per heavy atom. The summed E-state index contributed by atoms with van der Waals surface area (Å²) in [5.41, 5.74) is 4.89. The van der Waals surface area contributed by atoms with Crippen molar-refractivity contribution in [1.82, 2.24) is 20.4 Å². The van der Waals surface area contributed by atoms with Crippen molar-refractivity contribution < 1.29 is 4.39 Å². The summed E-state index contributed by atoms with van der Waals surface area (Å²) >= 11 is 3.32. The van der Waals surface area contributed by atoms with Crippen LogP contribution in [-0.4, -0.2) is 15.0 Å². The molecule has 1 aromatic heterocycles. The van der Waals surface area contributed by atoms with Crippen molar-refractivity contribution >= 4 is 15.9 Å². The van der Waals surface area contributed by atoms with Gasteiger partial charge in [-0.3, -0.25) is 5.84 Å². The maximum Gasteiger partial charge on any atom is 0.153 e. The number of hydrazine groups is 1. The summed E-state index contributed by atoms with van der Waals surface area (Å²) < 4.78 is 15.5. The molecule has 0 bridgehead atoms. The van der Waals surface area contributed by atoms with Crippen LogP contribution in [0.3, 0.4) is 0 Å². The van der Waals surface area contributed by atoms with Gasteiger partial charge in [-0.15, -0.1) is 5.10 Å². The van der Waals surface area contributed by atoms with Crippen molar-refractivity contribution in [3.63, 3.8) is 0 Å². The minimum absolute atomic E-state index is 0.239. The summed E-state index contributed by atoms with van der Waals surface area (Å²) in [6.45, 7) is 1.71. The molecule has 2 rings (SSSR count). The number of aromatic nitrogens is 3. The number of nitrogens with two attached hydrogens (primary N) is 1. The first-order chi connectivity index (χ1) is 8.54. The van der Waals surface area contributed by atoms with Gasteiger partial charge in [-0.1, -0.05) is 17.3 Å². The second-order valence-electron chi connectivity index (χ2n) is 4.00. The molecule has 18 heavy (non-hydrogen) atoms. The highest BCUT2D eigenvalue weighted by Crippen LogP contribution is 2.27. The topological polar surface area (TPSA) is 68.8 Å². The van der Waals surface area contributed by atoms with Crippen LogP contribution in [0.25, 0.3) is 0 Å². The van der Waals surface area contributed by atoms with E-state index in [4.69, 9.17) is 5.84 Å². The zero-order valence-corrected chi connectivity index (χ0v) is 11.6. The molecule has 0 amide bonds. The Bertz CT molecular complexity index is 549. The van der Waals surface area contributed by atoms with E-state index in [1.54, 1.807) is 30.8 Å². The van der Waals surface area contributed by atoms with E-state index in [1.807, 2.05) is 0 Å². The lowest BCUT2D eigenvalue weighted by Crippen LogP contribution is -2.30. The highest BCUT2D eigenvalue weighted by molar-refractivity contribution is 9.10.